The molecule has 9 nitrogen and oxygen atoms in total. The molecule has 0 saturated heterocycles. The van der Waals surface area contributed by atoms with E-state index in [1.54, 1.807) is 38.5 Å². The van der Waals surface area contributed by atoms with E-state index in [1.165, 1.54) is 0 Å². The molecular weight excluding hydrogens is 374 g/mol. The van der Waals surface area contributed by atoms with E-state index < -0.39 is 6.03 Å². The van der Waals surface area contributed by atoms with Gasteiger partial charge in [0.2, 0.25) is 0 Å². The van der Waals surface area contributed by atoms with E-state index in [1.807, 2.05) is 26.0 Å². The average Bonchev–Trinajstić information content (AvgIpc) is 2.72. The predicted octanol–water partition coefficient (Wildman–Crippen LogP) is 2.85. The van der Waals surface area contributed by atoms with Crippen LogP contribution in [0.4, 0.5) is 10.5 Å². The number of nitrogens with one attached hydrogen (secondary N) is 3. The second-order valence-electron chi connectivity index (χ2n) is 6.81. The molecule has 9 heteroatoms. The van der Waals surface area contributed by atoms with E-state index >= 15 is 0 Å². The van der Waals surface area contributed by atoms with Gasteiger partial charge in [-0.3, -0.25) is 4.79 Å². The number of aromatic amines is 1. The van der Waals surface area contributed by atoms with Gasteiger partial charge in [0.05, 0.1) is 25.6 Å². The highest BCUT2D eigenvalue weighted by Gasteiger charge is 2.20. The molecule has 0 spiro atoms. The van der Waals surface area contributed by atoms with Crippen LogP contribution in [0.2, 0.25) is 0 Å². The molecule has 1 unspecified atom stereocenters. The van der Waals surface area contributed by atoms with Crippen LogP contribution >= 0.6 is 0 Å². The van der Waals surface area contributed by atoms with E-state index in [0.29, 0.717) is 28.1 Å². The van der Waals surface area contributed by atoms with Gasteiger partial charge < -0.3 is 20.1 Å². The van der Waals surface area contributed by atoms with Crippen LogP contribution in [0.25, 0.3) is 10.9 Å². The topological polar surface area (TPSA) is 118 Å². The second-order valence-corrected chi connectivity index (χ2v) is 6.81. The van der Waals surface area contributed by atoms with E-state index in [2.05, 4.69) is 26.0 Å². The van der Waals surface area contributed by atoms with Gasteiger partial charge in [-0.25, -0.2) is 9.89 Å². The third kappa shape index (κ3) is 4.45. The lowest BCUT2D eigenvalue weighted by Gasteiger charge is -2.24. The number of hydrogen-bond donors (Lipinski definition) is 3. The van der Waals surface area contributed by atoms with Crippen LogP contribution in [0.3, 0.4) is 0 Å². The lowest BCUT2D eigenvalue weighted by molar-refractivity contribution is 0.244. The summed E-state index contributed by atoms with van der Waals surface area (Å²) in [6, 6.07) is 9.74. The fourth-order valence-corrected chi connectivity index (χ4v) is 3.06. The summed E-state index contributed by atoms with van der Waals surface area (Å²) in [5.74, 6) is 1.33. The number of methoxy groups -OCH3 is 2. The number of H-pyrrole nitrogens is 1. The highest BCUT2D eigenvalue weighted by molar-refractivity contribution is 5.92. The van der Waals surface area contributed by atoms with Gasteiger partial charge in [-0.2, -0.15) is 0 Å². The van der Waals surface area contributed by atoms with Gasteiger partial charge in [-0.1, -0.05) is 25.1 Å². The number of amides is 2. The Morgan fingerprint density at radius 2 is 1.83 bits per heavy atom. The summed E-state index contributed by atoms with van der Waals surface area (Å²) in [5.41, 5.74) is 1.44. The quantitative estimate of drug-likeness (QED) is 0.589. The summed E-state index contributed by atoms with van der Waals surface area (Å²) < 4.78 is 10.6. The summed E-state index contributed by atoms with van der Waals surface area (Å²) in [5, 5.41) is 15.7. The van der Waals surface area contributed by atoms with Crippen molar-refractivity contribution >= 4 is 22.6 Å². The van der Waals surface area contributed by atoms with Gasteiger partial charge in [0, 0.05) is 5.69 Å². The minimum Gasteiger partial charge on any atom is -0.493 e. The number of anilines is 1. The van der Waals surface area contributed by atoms with Crippen LogP contribution in [0.15, 0.2) is 41.2 Å². The van der Waals surface area contributed by atoms with Gasteiger partial charge in [0.1, 0.15) is 5.52 Å². The van der Waals surface area contributed by atoms with Gasteiger partial charge >= 0.3 is 6.03 Å². The zero-order valence-corrected chi connectivity index (χ0v) is 16.6. The third-order valence-electron chi connectivity index (χ3n) is 4.53. The molecule has 0 aliphatic rings. The lowest BCUT2D eigenvalue weighted by atomic mass is 9.96. The van der Waals surface area contributed by atoms with E-state index in [-0.39, 0.29) is 17.5 Å². The molecule has 2 aromatic carbocycles. The number of benzene rings is 2. The lowest BCUT2D eigenvalue weighted by Crippen LogP contribution is -2.35. The number of fused-ring (bicyclic) bond motifs is 1. The first-order chi connectivity index (χ1) is 13.9. The number of ether oxygens (including phenoxy) is 2. The molecule has 1 atom stereocenters. The zero-order valence-electron chi connectivity index (χ0n) is 16.6. The van der Waals surface area contributed by atoms with Gasteiger partial charge in [0.15, 0.2) is 11.5 Å². The molecule has 0 aliphatic heterocycles. The molecule has 1 aromatic heterocycles. The van der Waals surface area contributed by atoms with Crippen LogP contribution in [0.1, 0.15) is 25.5 Å². The molecule has 2 amide bonds. The molecule has 0 radical (unpaired) electrons. The van der Waals surface area contributed by atoms with Crippen LogP contribution in [0.5, 0.6) is 11.5 Å². The maximum absolute atomic E-state index is 12.6. The van der Waals surface area contributed by atoms with Crippen molar-refractivity contribution in [3.8, 4) is 11.5 Å². The van der Waals surface area contributed by atoms with Crippen molar-refractivity contribution in [2.75, 3.05) is 19.5 Å². The fourth-order valence-electron chi connectivity index (χ4n) is 3.06. The second kappa shape index (κ2) is 8.59. The fraction of sp³-hybridized carbons (Fsp3) is 0.300. The molecule has 0 fully saturated rings. The van der Waals surface area contributed by atoms with Crippen LogP contribution in [0, 0.1) is 5.92 Å². The summed E-state index contributed by atoms with van der Waals surface area (Å²) in [4.78, 5) is 24.5. The van der Waals surface area contributed by atoms with E-state index in [0.717, 1.165) is 5.56 Å². The van der Waals surface area contributed by atoms with Crippen molar-refractivity contribution in [1.82, 2.24) is 20.7 Å². The Kier molecular flexibility index (Phi) is 5.96. The van der Waals surface area contributed by atoms with E-state index in [9.17, 15) is 9.59 Å². The molecule has 1 heterocycles. The van der Waals surface area contributed by atoms with Crippen molar-refractivity contribution in [2.45, 2.75) is 19.9 Å². The largest absolute Gasteiger partial charge is 0.493 e. The summed E-state index contributed by atoms with van der Waals surface area (Å²) in [6.45, 7) is 4.02. The van der Waals surface area contributed by atoms with Gasteiger partial charge in [-0.15, -0.1) is 5.10 Å². The number of carbonyl (C=O) groups excluding carboxylic acids is 1. The van der Waals surface area contributed by atoms with E-state index in [4.69, 9.17) is 9.47 Å². The number of aromatic nitrogens is 3. The molecule has 152 valence electrons. The van der Waals surface area contributed by atoms with Crippen molar-refractivity contribution in [1.29, 1.82) is 0 Å². The predicted molar refractivity (Wildman–Crippen MR) is 109 cm³/mol. The zero-order chi connectivity index (χ0) is 21.0. The SMILES string of the molecule is COc1ccc(C(NC(=O)Nc2ccc3nn[nH]c(=O)c3c2)C(C)C)cc1OC. The first kappa shape index (κ1) is 20.1. The Balaban J connectivity index is 1.80. The Labute approximate surface area is 167 Å². The number of carbonyl (C=O) groups is 1. The maximum Gasteiger partial charge on any atom is 0.319 e. The number of rotatable bonds is 6. The standard InChI is InChI=1S/C20H23N5O4/c1-11(2)18(12-5-8-16(28-3)17(9-12)29-4)22-20(27)21-13-6-7-15-14(10-13)19(26)24-25-23-15/h5-11,18H,1-4H3,(H2,21,22,27)(H,23,24,26). The van der Waals surface area contributed by atoms with Crippen molar-refractivity contribution < 1.29 is 14.3 Å². The molecule has 29 heavy (non-hydrogen) atoms. The molecule has 3 rings (SSSR count). The molecule has 0 bridgehead atoms. The Morgan fingerprint density at radius 3 is 2.52 bits per heavy atom. The minimum absolute atomic E-state index is 0.119. The molecular formula is C20H23N5O4. The van der Waals surface area contributed by atoms with Crippen LogP contribution in [-0.2, 0) is 0 Å². The summed E-state index contributed by atoms with van der Waals surface area (Å²) in [7, 11) is 3.14. The number of hydrogen-bond acceptors (Lipinski definition) is 6. The van der Waals surface area contributed by atoms with Crippen molar-refractivity contribution in [2.24, 2.45) is 5.92 Å². The first-order valence-corrected chi connectivity index (χ1v) is 9.07. The normalized spacial score (nSPS) is 11.9. The van der Waals surface area contributed by atoms with Gasteiger partial charge in [0.25, 0.3) is 5.56 Å². The van der Waals surface area contributed by atoms with Crippen molar-refractivity contribution in [3.05, 3.63) is 52.3 Å². The van der Waals surface area contributed by atoms with Gasteiger partial charge in [-0.05, 0) is 41.8 Å². The number of urea groups is 1. The molecule has 0 saturated carbocycles. The highest BCUT2D eigenvalue weighted by atomic mass is 16.5. The molecule has 3 N–H and O–H groups in total. The minimum atomic E-state index is -0.392. The summed E-state index contributed by atoms with van der Waals surface area (Å²) >= 11 is 0. The van der Waals surface area contributed by atoms with Crippen molar-refractivity contribution in [3.63, 3.8) is 0 Å². The monoisotopic (exact) mass is 397 g/mol. The first-order valence-electron chi connectivity index (χ1n) is 9.07. The van der Waals surface area contributed by atoms with Crippen LogP contribution in [-0.4, -0.2) is 35.7 Å². The average molecular weight is 397 g/mol. The number of nitrogens with zero attached hydrogens (tertiary/aromatic N) is 2. The Morgan fingerprint density at radius 1 is 1.07 bits per heavy atom. The Hall–Kier alpha value is -3.62. The molecule has 0 aliphatic carbocycles. The Bertz CT molecular complexity index is 1080. The highest BCUT2D eigenvalue weighted by Crippen LogP contribution is 2.32. The van der Waals surface area contributed by atoms with Crippen LogP contribution < -0.4 is 25.7 Å². The maximum atomic E-state index is 12.6. The molecule has 3 aromatic rings. The summed E-state index contributed by atoms with van der Waals surface area (Å²) in [6.07, 6.45) is 0. The smallest absolute Gasteiger partial charge is 0.319 e. The third-order valence-corrected chi connectivity index (χ3v) is 4.53.